The second kappa shape index (κ2) is 7.49. The highest BCUT2D eigenvalue weighted by molar-refractivity contribution is 9.10. The summed E-state index contributed by atoms with van der Waals surface area (Å²) in [6.07, 6.45) is 1.00. The average Bonchev–Trinajstić information content (AvgIpc) is 2.92. The van der Waals surface area contributed by atoms with Crippen molar-refractivity contribution < 1.29 is 18.3 Å². The maximum absolute atomic E-state index is 12.2. The van der Waals surface area contributed by atoms with E-state index in [9.17, 15) is 18.3 Å². The van der Waals surface area contributed by atoms with Crippen LogP contribution in [0.1, 0.15) is 0 Å². The van der Waals surface area contributed by atoms with Crippen molar-refractivity contribution in [3.8, 4) is 5.88 Å². The molecule has 0 saturated heterocycles. The third-order valence-electron chi connectivity index (χ3n) is 3.70. The first-order chi connectivity index (χ1) is 12.8. The SMILES string of the molecule is CS(=O)(=O)N(CC(=O)N=Nc1c(O)[nH]c2ccccc12)c1cccc(Br)c1. The summed E-state index contributed by atoms with van der Waals surface area (Å²) in [6.45, 7) is -0.512. The molecule has 8 nitrogen and oxygen atoms in total. The maximum atomic E-state index is 12.2. The zero-order chi connectivity index (χ0) is 19.6. The minimum atomic E-state index is -3.71. The molecule has 0 saturated carbocycles. The molecule has 0 radical (unpaired) electrons. The van der Waals surface area contributed by atoms with Crippen molar-refractivity contribution in [2.75, 3.05) is 17.1 Å². The molecule has 0 unspecified atom stereocenters. The Kier molecular flexibility index (Phi) is 5.29. The summed E-state index contributed by atoms with van der Waals surface area (Å²) in [6, 6.07) is 13.6. The first-order valence-corrected chi connectivity index (χ1v) is 10.4. The van der Waals surface area contributed by atoms with Gasteiger partial charge in [-0.3, -0.25) is 9.10 Å². The Morgan fingerprint density at radius 1 is 1.22 bits per heavy atom. The fourth-order valence-electron chi connectivity index (χ4n) is 2.51. The van der Waals surface area contributed by atoms with Gasteiger partial charge in [-0.1, -0.05) is 40.2 Å². The summed E-state index contributed by atoms with van der Waals surface area (Å²) in [5.74, 6) is -0.996. The van der Waals surface area contributed by atoms with E-state index in [2.05, 4.69) is 31.1 Å². The molecular weight excluding hydrogens is 436 g/mol. The van der Waals surface area contributed by atoms with Crippen LogP contribution in [0.2, 0.25) is 0 Å². The molecule has 3 rings (SSSR count). The van der Waals surface area contributed by atoms with Crippen LogP contribution in [0.5, 0.6) is 5.88 Å². The van der Waals surface area contributed by atoms with E-state index >= 15 is 0 Å². The van der Waals surface area contributed by atoms with Crippen LogP contribution in [-0.4, -0.2) is 37.2 Å². The van der Waals surface area contributed by atoms with Gasteiger partial charge in [0.2, 0.25) is 15.9 Å². The monoisotopic (exact) mass is 450 g/mol. The van der Waals surface area contributed by atoms with Gasteiger partial charge in [0.05, 0.1) is 17.5 Å². The Bertz CT molecular complexity index is 1140. The lowest BCUT2D eigenvalue weighted by Crippen LogP contribution is -2.34. The van der Waals surface area contributed by atoms with Gasteiger partial charge < -0.3 is 10.1 Å². The normalized spacial score (nSPS) is 11.9. The quantitative estimate of drug-likeness (QED) is 0.576. The van der Waals surface area contributed by atoms with Gasteiger partial charge in [-0.25, -0.2) is 8.42 Å². The van der Waals surface area contributed by atoms with E-state index in [1.807, 2.05) is 0 Å². The highest BCUT2D eigenvalue weighted by Gasteiger charge is 2.21. The number of amides is 1. The summed E-state index contributed by atoms with van der Waals surface area (Å²) in [4.78, 5) is 15.0. The predicted molar refractivity (Wildman–Crippen MR) is 106 cm³/mol. The lowest BCUT2D eigenvalue weighted by atomic mass is 10.2. The third kappa shape index (κ3) is 4.34. The smallest absolute Gasteiger partial charge is 0.285 e. The summed E-state index contributed by atoms with van der Waals surface area (Å²) in [7, 11) is -3.71. The number of rotatable bonds is 5. The summed E-state index contributed by atoms with van der Waals surface area (Å²) >= 11 is 3.27. The van der Waals surface area contributed by atoms with Crippen molar-refractivity contribution in [3.05, 3.63) is 53.0 Å². The third-order valence-corrected chi connectivity index (χ3v) is 5.33. The number of nitrogens with zero attached hydrogens (tertiary/aromatic N) is 3. The van der Waals surface area contributed by atoms with Crippen molar-refractivity contribution in [1.82, 2.24) is 4.98 Å². The average molecular weight is 451 g/mol. The Labute approximate surface area is 163 Å². The molecule has 0 fully saturated rings. The number of carbonyl (C=O) groups excluding carboxylic acids is 1. The maximum Gasteiger partial charge on any atom is 0.285 e. The number of halogens is 1. The number of H-pyrrole nitrogens is 1. The number of aromatic hydroxyl groups is 1. The lowest BCUT2D eigenvalue weighted by molar-refractivity contribution is -0.116. The number of sulfonamides is 1. The van der Waals surface area contributed by atoms with Gasteiger partial charge in [0.15, 0.2) is 5.69 Å². The van der Waals surface area contributed by atoms with E-state index in [4.69, 9.17) is 0 Å². The zero-order valence-corrected chi connectivity index (χ0v) is 16.5. The number of azo groups is 1. The Hall–Kier alpha value is -2.72. The molecule has 0 bridgehead atoms. The van der Waals surface area contributed by atoms with Crippen molar-refractivity contribution in [3.63, 3.8) is 0 Å². The number of aromatic amines is 1. The van der Waals surface area contributed by atoms with Crippen LogP contribution in [0.15, 0.2) is 63.2 Å². The molecule has 1 heterocycles. The highest BCUT2D eigenvalue weighted by atomic mass is 79.9. The fourth-order valence-corrected chi connectivity index (χ4v) is 3.73. The fraction of sp³-hybridized carbons (Fsp3) is 0.118. The molecular formula is C17H15BrN4O4S. The largest absolute Gasteiger partial charge is 0.493 e. The van der Waals surface area contributed by atoms with Crippen molar-refractivity contribution >= 4 is 54.1 Å². The van der Waals surface area contributed by atoms with Crippen LogP contribution in [0.4, 0.5) is 11.4 Å². The van der Waals surface area contributed by atoms with Crippen molar-refractivity contribution in [2.24, 2.45) is 10.2 Å². The topological polar surface area (TPSA) is 115 Å². The lowest BCUT2D eigenvalue weighted by Gasteiger charge is -2.20. The molecule has 0 aliphatic heterocycles. The van der Waals surface area contributed by atoms with Gasteiger partial charge in [-0.15, -0.1) is 10.2 Å². The standard InChI is InChI=1S/C17H15BrN4O4S/c1-27(25,26)22(12-6-4-5-11(18)9-12)10-15(23)20-21-16-13-7-2-3-8-14(13)19-17(16)24/h2-9,19,24H,10H2,1H3. The van der Waals surface area contributed by atoms with Crippen LogP contribution >= 0.6 is 15.9 Å². The minimum Gasteiger partial charge on any atom is -0.493 e. The number of fused-ring (bicyclic) bond motifs is 1. The Morgan fingerprint density at radius 2 is 1.96 bits per heavy atom. The molecule has 10 heteroatoms. The molecule has 1 amide bonds. The molecule has 2 aromatic carbocycles. The van der Waals surface area contributed by atoms with E-state index in [0.717, 1.165) is 10.6 Å². The number of hydrogen-bond acceptors (Lipinski definition) is 5. The predicted octanol–water partition coefficient (Wildman–Crippen LogP) is 3.71. The number of anilines is 1. The first-order valence-electron chi connectivity index (χ1n) is 7.73. The minimum absolute atomic E-state index is 0.118. The van der Waals surface area contributed by atoms with Crippen molar-refractivity contribution in [1.29, 1.82) is 0 Å². The van der Waals surface area contributed by atoms with E-state index in [1.165, 1.54) is 0 Å². The first kappa shape index (κ1) is 19.1. The van der Waals surface area contributed by atoms with E-state index in [1.54, 1.807) is 48.5 Å². The molecule has 0 atom stereocenters. The Morgan fingerprint density at radius 3 is 2.67 bits per heavy atom. The molecule has 27 heavy (non-hydrogen) atoms. The van der Waals surface area contributed by atoms with Gasteiger partial charge in [-0.2, -0.15) is 0 Å². The highest BCUT2D eigenvalue weighted by Crippen LogP contribution is 2.35. The van der Waals surface area contributed by atoms with E-state index in [-0.39, 0.29) is 11.6 Å². The van der Waals surface area contributed by atoms with Gasteiger partial charge in [-0.05, 0) is 24.3 Å². The molecule has 140 valence electrons. The van der Waals surface area contributed by atoms with Gasteiger partial charge in [0.25, 0.3) is 5.91 Å². The molecule has 0 aliphatic rings. The summed E-state index contributed by atoms with van der Waals surface area (Å²) in [5, 5.41) is 17.9. The van der Waals surface area contributed by atoms with E-state index < -0.39 is 22.5 Å². The molecule has 1 aromatic heterocycles. The molecule has 0 aliphatic carbocycles. The number of aromatic nitrogens is 1. The van der Waals surface area contributed by atoms with Gasteiger partial charge in [0, 0.05) is 9.86 Å². The van der Waals surface area contributed by atoms with Crippen LogP contribution in [0.25, 0.3) is 10.9 Å². The van der Waals surface area contributed by atoms with Crippen LogP contribution in [0, 0.1) is 0 Å². The Balaban J connectivity index is 1.86. The molecule has 0 spiro atoms. The number of para-hydroxylation sites is 1. The van der Waals surface area contributed by atoms with Crippen LogP contribution < -0.4 is 4.31 Å². The van der Waals surface area contributed by atoms with Gasteiger partial charge >= 0.3 is 0 Å². The molecule has 2 N–H and O–H groups in total. The van der Waals surface area contributed by atoms with E-state index in [0.29, 0.717) is 21.1 Å². The van der Waals surface area contributed by atoms with Crippen molar-refractivity contribution in [2.45, 2.75) is 0 Å². The van der Waals surface area contributed by atoms with Gasteiger partial charge in [0.1, 0.15) is 6.54 Å². The summed E-state index contributed by atoms with van der Waals surface area (Å²) < 4.78 is 25.8. The molecule has 3 aromatic rings. The number of nitrogens with one attached hydrogen (secondary N) is 1. The zero-order valence-electron chi connectivity index (χ0n) is 14.1. The summed E-state index contributed by atoms with van der Waals surface area (Å²) in [5.41, 5.74) is 1.08. The number of benzene rings is 2. The number of carbonyl (C=O) groups is 1. The number of hydrogen-bond donors (Lipinski definition) is 2. The van der Waals surface area contributed by atoms with Crippen LogP contribution in [0.3, 0.4) is 0 Å². The second-order valence-corrected chi connectivity index (χ2v) is 8.53. The van der Waals surface area contributed by atoms with Crippen LogP contribution in [-0.2, 0) is 14.8 Å². The second-order valence-electron chi connectivity index (χ2n) is 5.71.